The molecule has 0 spiro atoms. The van der Waals surface area contributed by atoms with E-state index in [0.717, 1.165) is 5.39 Å². The van der Waals surface area contributed by atoms with Gasteiger partial charge >= 0.3 is 5.97 Å². The van der Waals surface area contributed by atoms with Gasteiger partial charge in [0.1, 0.15) is 10.8 Å². The number of aliphatic carboxylic acids is 1. The Morgan fingerprint density at radius 3 is 2.94 bits per heavy atom. The molecule has 16 heavy (non-hydrogen) atoms. The van der Waals surface area contributed by atoms with Crippen molar-refractivity contribution in [1.29, 1.82) is 0 Å². The van der Waals surface area contributed by atoms with Gasteiger partial charge in [-0.3, -0.25) is 4.79 Å². The first kappa shape index (κ1) is 10.8. The average Bonchev–Trinajstić information content (AvgIpc) is 2.62. The second kappa shape index (κ2) is 4.06. The van der Waals surface area contributed by atoms with Crippen LogP contribution in [0.3, 0.4) is 0 Å². The molecule has 5 heteroatoms. The van der Waals surface area contributed by atoms with Crippen LogP contribution in [-0.2, 0) is 11.2 Å². The van der Waals surface area contributed by atoms with Crippen molar-refractivity contribution in [2.75, 3.05) is 7.11 Å². The summed E-state index contributed by atoms with van der Waals surface area (Å²) in [5.74, 6) is -0.300. The summed E-state index contributed by atoms with van der Waals surface area (Å²) < 4.78 is 5.08. The molecule has 1 aromatic carbocycles. The van der Waals surface area contributed by atoms with Crippen molar-refractivity contribution in [3.63, 3.8) is 0 Å². The fraction of sp³-hybridized carbons (Fsp3) is 0.182. The number of methoxy groups -OCH3 is 1. The van der Waals surface area contributed by atoms with Crippen LogP contribution in [0.15, 0.2) is 18.3 Å². The molecule has 0 unspecified atom stereocenters. The molecular weight excluding hydrogens is 230 g/mol. The Bertz CT molecular complexity index is 547. The summed E-state index contributed by atoms with van der Waals surface area (Å²) in [6, 6.07) is 3.53. The monoisotopic (exact) mass is 239 g/mol. The second-order valence-corrected chi connectivity index (χ2v) is 3.77. The summed E-state index contributed by atoms with van der Waals surface area (Å²) >= 11 is 6.09. The van der Waals surface area contributed by atoms with Crippen molar-refractivity contribution in [3.8, 4) is 5.75 Å². The summed E-state index contributed by atoms with van der Waals surface area (Å²) in [4.78, 5) is 13.6. The second-order valence-electron chi connectivity index (χ2n) is 3.39. The zero-order valence-electron chi connectivity index (χ0n) is 8.58. The summed E-state index contributed by atoms with van der Waals surface area (Å²) in [5.41, 5.74) is 1.42. The Morgan fingerprint density at radius 1 is 1.56 bits per heavy atom. The van der Waals surface area contributed by atoms with E-state index < -0.39 is 5.97 Å². The van der Waals surface area contributed by atoms with Crippen LogP contribution >= 0.6 is 11.6 Å². The fourth-order valence-corrected chi connectivity index (χ4v) is 1.97. The third kappa shape index (κ3) is 1.72. The van der Waals surface area contributed by atoms with E-state index in [4.69, 9.17) is 21.4 Å². The molecule has 0 atom stereocenters. The Kier molecular flexibility index (Phi) is 2.75. The van der Waals surface area contributed by atoms with Gasteiger partial charge in [-0.2, -0.15) is 0 Å². The van der Waals surface area contributed by atoms with E-state index in [1.54, 1.807) is 18.3 Å². The first-order valence-corrected chi connectivity index (χ1v) is 5.05. The SMILES string of the molecule is COc1ccc2c(CC(=O)O)c[nH]c2c1Cl. The minimum absolute atomic E-state index is 0.0251. The van der Waals surface area contributed by atoms with Crippen LogP contribution in [0.25, 0.3) is 10.9 Å². The minimum atomic E-state index is -0.868. The van der Waals surface area contributed by atoms with Crippen molar-refractivity contribution >= 4 is 28.5 Å². The molecule has 0 bridgehead atoms. The van der Waals surface area contributed by atoms with Gasteiger partial charge < -0.3 is 14.8 Å². The number of carbonyl (C=O) groups is 1. The zero-order valence-corrected chi connectivity index (χ0v) is 9.34. The van der Waals surface area contributed by atoms with Gasteiger partial charge in [-0.15, -0.1) is 0 Å². The number of carboxylic acids is 1. The normalized spacial score (nSPS) is 10.6. The molecule has 0 aliphatic heterocycles. The number of H-pyrrole nitrogens is 1. The fourth-order valence-electron chi connectivity index (χ4n) is 1.67. The summed E-state index contributed by atoms with van der Waals surface area (Å²) in [6.07, 6.45) is 1.63. The molecule has 0 radical (unpaired) electrons. The predicted molar refractivity (Wildman–Crippen MR) is 61.2 cm³/mol. The van der Waals surface area contributed by atoms with E-state index in [1.807, 2.05) is 0 Å². The van der Waals surface area contributed by atoms with Crippen LogP contribution in [0.2, 0.25) is 5.02 Å². The third-order valence-electron chi connectivity index (χ3n) is 2.40. The lowest BCUT2D eigenvalue weighted by atomic mass is 10.1. The smallest absolute Gasteiger partial charge is 0.307 e. The molecule has 0 saturated carbocycles. The van der Waals surface area contributed by atoms with Gasteiger partial charge in [0.25, 0.3) is 0 Å². The predicted octanol–water partition coefficient (Wildman–Crippen LogP) is 2.46. The van der Waals surface area contributed by atoms with Crippen LogP contribution in [0.1, 0.15) is 5.56 Å². The Labute approximate surface area is 96.8 Å². The molecule has 1 aromatic heterocycles. The van der Waals surface area contributed by atoms with E-state index in [-0.39, 0.29) is 6.42 Å². The van der Waals surface area contributed by atoms with E-state index in [1.165, 1.54) is 7.11 Å². The number of nitrogens with one attached hydrogen (secondary N) is 1. The molecule has 84 valence electrons. The van der Waals surface area contributed by atoms with Crippen LogP contribution < -0.4 is 4.74 Å². The van der Waals surface area contributed by atoms with E-state index in [9.17, 15) is 4.79 Å². The summed E-state index contributed by atoms with van der Waals surface area (Å²) in [5, 5.41) is 10.0. The number of ether oxygens (including phenoxy) is 1. The lowest BCUT2D eigenvalue weighted by molar-refractivity contribution is -0.136. The standard InChI is InChI=1S/C11H10ClNO3/c1-16-8-3-2-7-6(4-9(14)15)5-13-11(7)10(8)12/h2-3,5,13H,4H2,1H3,(H,14,15). The molecule has 0 aliphatic rings. The summed E-state index contributed by atoms with van der Waals surface area (Å²) in [6.45, 7) is 0. The lowest BCUT2D eigenvalue weighted by Crippen LogP contribution is -1.98. The van der Waals surface area contributed by atoms with Gasteiger partial charge in [-0.25, -0.2) is 0 Å². The van der Waals surface area contributed by atoms with Crippen molar-refractivity contribution < 1.29 is 14.6 Å². The van der Waals surface area contributed by atoms with Crippen molar-refractivity contribution in [3.05, 3.63) is 28.9 Å². The highest BCUT2D eigenvalue weighted by Crippen LogP contribution is 2.33. The number of carboxylic acid groups (broad SMARTS) is 1. The minimum Gasteiger partial charge on any atom is -0.495 e. The maximum Gasteiger partial charge on any atom is 0.307 e. The number of hydrogen-bond donors (Lipinski definition) is 2. The zero-order chi connectivity index (χ0) is 11.7. The molecule has 1 heterocycles. The van der Waals surface area contributed by atoms with Gasteiger partial charge in [0.2, 0.25) is 0 Å². The van der Waals surface area contributed by atoms with Gasteiger partial charge in [-0.1, -0.05) is 11.6 Å². The maximum absolute atomic E-state index is 10.6. The highest BCUT2D eigenvalue weighted by atomic mass is 35.5. The molecule has 0 saturated heterocycles. The number of benzene rings is 1. The van der Waals surface area contributed by atoms with Gasteiger partial charge in [0.15, 0.2) is 0 Å². The molecule has 4 nitrogen and oxygen atoms in total. The Hall–Kier alpha value is -1.68. The quantitative estimate of drug-likeness (QED) is 0.865. The maximum atomic E-state index is 10.6. The third-order valence-corrected chi connectivity index (χ3v) is 2.78. The topological polar surface area (TPSA) is 62.3 Å². The average molecular weight is 240 g/mol. The van der Waals surface area contributed by atoms with Crippen LogP contribution in [-0.4, -0.2) is 23.2 Å². The van der Waals surface area contributed by atoms with Gasteiger partial charge in [0, 0.05) is 11.6 Å². The molecule has 2 rings (SSSR count). The van der Waals surface area contributed by atoms with Gasteiger partial charge in [0.05, 0.1) is 19.0 Å². The molecular formula is C11H10ClNO3. The number of rotatable bonds is 3. The van der Waals surface area contributed by atoms with Crippen LogP contribution in [0.5, 0.6) is 5.75 Å². The molecule has 0 aliphatic carbocycles. The number of hydrogen-bond acceptors (Lipinski definition) is 2. The largest absolute Gasteiger partial charge is 0.495 e. The van der Waals surface area contributed by atoms with E-state index in [2.05, 4.69) is 4.98 Å². The first-order chi connectivity index (χ1) is 7.63. The Balaban J connectivity index is 2.58. The van der Waals surface area contributed by atoms with Crippen LogP contribution in [0.4, 0.5) is 0 Å². The van der Waals surface area contributed by atoms with E-state index >= 15 is 0 Å². The molecule has 0 amide bonds. The van der Waals surface area contributed by atoms with Crippen molar-refractivity contribution in [2.24, 2.45) is 0 Å². The first-order valence-electron chi connectivity index (χ1n) is 4.67. The number of aromatic nitrogens is 1. The van der Waals surface area contributed by atoms with Crippen molar-refractivity contribution in [1.82, 2.24) is 4.98 Å². The molecule has 2 aromatic rings. The highest BCUT2D eigenvalue weighted by molar-refractivity contribution is 6.36. The van der Waals surface area contributed by atoms with E-state index in [0.29, 0.717) is 21.9 Å². The van der Waals surface area contributed by atoms with Crippen LogP contribution in [0, 0.1) is 0 Å². The lowest BCUT2D eigenvalue weighted by Gasteiger charge is -2.03. The molecule has 0 fully saturated rings. The Morgan fingerprint density at radius 2 is 2.31 bits per heavy atom. The highest BCUT2D eigenvalue weighted by Gasteiger charge is 2.12. The van der Waals surface area contributed by atoms with Gasteiger partial charge in [-0.05, 0) is 17.7 Å². The number of fused-ring (bicyclic) bond motifs is 1. The number of halogens is 1. The summed E-state index contributed by atoms with van der Waals surface area (Å²) in [7, 11) is 1.54. The number of aromatic amines is 1. The molecule has 2 N–H and O–H groups in total. The van der Waals surface area contributed by atoms with Crippen molar-refractivity contribution in [2.45, 2.75) is 6.42 Å².